The van der Waals surface area contributed by atoms with Crippen LogP contribution in [-0.2, 0) is 4.74 Å². The van der Waals surface area contributed by atoms with Crippen LogP contribution in [-0.4, -0.2) is 32.2 Å². The molecule has 0 unspecified atom stereocenters. The minimum absolute atomic E-state index is 0.0807. The van der Waals surface area contributed by atoms with E-state index in [0.717, 1.165) is 46.8 Å². The van der Waals surface area contributed by atoms with Crippen LogP contribution in [0.2, 0.25) is 0 Å². The Bertz CT molecular complexity index is 695. The molecule has 0 atom stereocenters. The smallest absolute Gasteiger partial charge is 0.255 e. The summed E-state index contributed by atoms with van der Waals surface area (Å²) in [5.41, 5.74) is 3.72. The van der Waals surface area contributed by atoms with Gasteiger partial charge in [0.15, 0.2) is 0 Å². The van der Waals surface area contributed by atoms with E-state index in [1.807, 2.05) is 43.3 Å². The molecule has 0 bridgehead atoms. The molecule has 1 amide bonds. The van der Waals surface area contributed by atoms with Crippen LogP contribution in [0.25, 0.3) is 0 Å². The molecule has 1 heterocycles. The lowest BCUT2D eigenvalue weighted by Crippen LogP contribution is -2.36. The molecule has 0 aliphatic carbocycles. The van der Waals surface area contributed by atoms with E-state index in [1.54, 1.807) is 0 Å². The Labute approximate surface area is 150 Å². The molecule has 1 N–H and O–H groups in total. The molecule has 0 spiro atoms. The minimum Gasteiger partial charge on any atom is -0.378 e. The van der Waals surface area contributed by atoms with Gasteiger partial charge < -0.3 is 15.0 Å². The summed E-state index contributed by atoms with van der Waals surface area (Å²) in [4.78, 5) is 14.7. The molecule has 0 saturated carbocycles. The summed E-state index contributed by atoms with van der Waals surface area (Å²) in [6, 6.07) is 13.7. The number of carbonyl (C=O) groups excluding carboxylic acids is 1. The second-order valence-electron chi connectivity index (χ2n) is 5.56. The van der Waals surface area contributed by atoms with Gasteiger partial charge in [-0.2, -0.15) is 0 Å². The first kappa shape index (κ1) is 16.3. The number of amides is 1. The first-order valence-electron chi connectivity index (χ1n) is 7.64. The molecule has 1 saturated heterocycles. The van der Waals surface area contributed by atoms with Gasteiger partial charge in [0.1, 0.15) is 0 Å². The molecule has 120 valence electrons. The molecule has 4 nitrogen and oxygen atoms in total. The van der Waals surface area contributed by atoms with Gasteiger partial charge in [-0.15, -0.1) is 0 Å². The van der Waals surface area contributed by atoms with Gasteiger partial charge in [-0.25, -0.2) is 0 Å². The van der Waals surface area contributed by atoms with E-state index in [9.17, 15) is 4.79 Å². The van der Waals surface area contributed by atoms with Crippen LogP contribution in [0, 0.1) is 10.5 Å². The third-order valence-electron chi connectivity index (χ3n) is 3.94. The third-order valence-corrected chi connectivity index (χ3v) is 4.61. The predicted molar refractivity (Wildman–Crippen MR) is 101 cm³/mol. The van der Waals surface area contributed by atoms with Gasteiger partial charge >= 0.3 is 0 Å². The largest absolute Gasteiger partial charge is 0.378 e. The Hall–Kier alpha value is -1.60. The van der Waals surface area contributed by atoms with E-state index >= 15 is 0 Å². The summed E-state index contributed by atoms with van der Waals surface area (Å²) in [5.74, 6) is -0.0807. The van der Waals surface area contributed by atoms with E-state index in [-0.39, 0.29) is 5.91 Å². The fraction of sp³-hybridized carbons (Fsp3) is 0.278. The van der Waals surface area contributed by atoms with E-state index in [1.165, 1.54) is 0 Å². The number of nitrogens with zero attached hydrogens (tertiary/aromatic N) is 1. The van der Waals surface area contributed by atoms with Crippen molar-refractivity contribution in [2.45, 2.75) is 6.92 Å². The van der Waals surface area contributed by atoms with Crippen LogP contribution in [0.3, 0.4) is 0 Å². The number of morpholine rings is 1. The van der Waals surface area contributed by atoms with Crippen LogP contribution < -0.4 is 10.2 Å². The average Bonchev–Trinajstić information content (AvgIpc) is 2.58. The highest BCUT2D eigenvalue weighted by molar-refractivity contribution is 14.1. The van der Waals surface area contributed by atoms with E-state index < -0.39 is 0 Å². The number of halogens is 1. The van der Waals surface area contributed by atoms with Gasteiger partial charge in [-0.05, 0) is 77.5 Å². The number of ether oxygens (including phenoxy) is 1. The topological polar surface area (TPSA) is 41.6 Å². The van der Waals surface area contributed by atoms with Crippen molar-refractivity contribution in [3.8, 4) is 0 Å². The minimum atomic E-state index is -0.0807. The summed E-state index contributed by atoms with van der Waals surface area (Å²) < 4.78 is 6.52. The summed E-state index contributed by atoms with van der Waals surface area (Å²) in [6.07, 6.45) is 0. The molecular weight excluding hydrogens is 403 g/mol. The number of nitrogens with one attached hydrogen (secondary N) is 1. The number of aryl methyl sites for hydroxylation is 1. The predicted octanol–water partition coefficient (Wildman–Crippen LogP) is 3.69. The molecule has 2 aromatic rings. The quantitative estimate of drug-likeness (QED) is 0.768. The van der Waals surface area contributed by atoms with E-state index in [2.05, 4.69) is 38.9 Å². The van der Waals surface area contributed by atoms with Gasteiger partial charge in [0, 0.05) is 33.6 Å². The molecule has 23 heavy (non-hydrogen) atoms. The summed E-state index contributed by atoms with van der Waals surface area (Å²) >= 11 is 2.27. The fourth-order valence-corrected chi connectivity index (χ4v) is 3.25. The van der Waals surface area contributed by atoms with Crippen molar-refractivity contribution in [3.05, 3.63) is 57.2 Å². The number of anilines is 2. The molecule has 3 rings (SSSR count). The average molecular weight is 422 g/mol. The van der Waals surface area contributed by atoms with Crippen LogP contribution in [0.4, 0.5) is 11.4 Å². The first-order chi connectivity index (χ1) is 11.1. The summed E-state index contributed by atoms with van der Waals surface area (Å²) in [7, 11) is 0. The Morgan fingerprint density at radius 1 is 1.13 bits per heavy atom. The number of rotatable bonds is 3. The molecule has 1 aliphatic heterocycles. The standard InChI is InChI=1S/C18H19IN2O2/c1-13-12-15(19)4-7-17(13)20-18(22)14-2-5-16(6-3-14)21-8-10-23-11-9-21/h2-7,12H,8-11H2,1H3,(H,20,22). The highest BCUT2D eigenvalue weighted by Gasteiger charge is 2.12. The van der Waals surface area contributed by atoms with Gasteiger partial charge in [-0.1, -0.05) is 0 Å². The summed E-state index contributed by atoms with van der Waals surface area (Å²) in [6.45, 7) is 5.31. The zero-order chi connectivity index (χ0) is 16.2. The van der Waals surface area contributed by atoms with E-state index in [0.29, 0.717) is 5.56 Å². The molecule has 1 fully saturated rings. The molecule has 1 aliphatic rings. The van der Waals surface area contributed by atoms with Crippen molar-refractivity contribution in [1.29, 1.82) is 0 Å². The SMILES string of the molecule is Cc1cc(I)ccc1NC(=O)c1ccc(N2CCOCC2)cc1. The number of carbonyl (C=O) groups is 1. The Kier molecular flexibility index (Phi) is 5.17. The van der Waals surface area contributed by atoms with Gasteiger partial charge in [0.25, 0.3) is 5.91 Å². The van der Waals surface area contributed by atoms with Gasteiger partial charge in [0.05, 0.1) is 13.2 Å². The lowest BCUT2D eigenvalue weighted by Gasteiger charge is -2.28. The maximum atomic E-state index is 12.4. The highest BCUT2D eigenvalue weighted by atomic mass is 127. The van der Waals surface area contributed by atoms with Crippen LogP contribution in [0.5, 0.6) is 0 Å². The zero-order valence-electron chi connectivity index (χ0n) is 13.0. The number of hydrogen-bond acceptors (Lipinski definition) is 3. The number of benzene rings is 2. The maximum absolute atomic E-state index is 12.4. The molecule has 0 radical (unpaired) electrons. The lowest BCUT2D eigenvalue weighted by atomic mass is 10.1. The van der Waals surface area contributed by atoms with Crippen molar-refractivity contribution in [1.82, 2.24) is 0 Å². The lowest BCUT2D eigenvalue weighted by molar-refractivity contribution is 0.102. The molecule has 2 aromatic carbocycles. The van der Waals surface area contributed by atoms with Crippen LogP contribution in [0.1, 0.15) is 15.9 Å². The second-order valence-corrected chi connectivity index (χ2v) is 6.81. The van der Waals surface area contributed by atoms with Crippen molar-refractivity contribution in [2.75, 3.05) is 36.5 Å². The zero-order valence-corrected chi connectivity index (χ0v) is 15.2. The van der Waals surface area contributed by atoms with E-state index in [4.69, 9.17) is 4.74 Å². The van der Waals surface area contributed by atoms with Gasteiger partial charge in [-0.3, -0.25) is 4.79 Å². The molecule has 0 aromatic heterocycles. The third kappa shape index (κ3) is 4.03. The van der Waals surface area contributed by atoms with Crippen LogP contribution in [0.15, 0.2) is 42.5 Å². The molecular formula is C18H19IN2O2. The van der Waals surface area contributed by atoms with Crippen molar-refractivity contribution in [3.63, 3.8) is 0 Å². The molecule has 5 heteroatoms. The van der Waals surface area contributed by atoms with Crippen molar-refractivity contribution < 1.29 is 9.53 Å². The Morgan fingerprint density at radius 2 is 1.83 bits per heavy atom. The summed E-state index contributed by atoms with van der Waals surface area (Å²) in [5, 5.41) is 2.98. The van der Waals surface area contributed by atoms with Crippen molar-refractivity contribution >= 4 is 39.9 Å². The normalized spacial score (nSPS) is 14.6. The monoisotopic (exact) mass is 422 g/mol. The fourth-order valence-electron chi connectivity index (χ4n) is 2.61. The maximum Gasteiger partial charge on any atom is 0.255 e. The number of hydrogen-bond donors (Lipinski definition) is 1. The van der Waals surface area contributed by atoms with Gasteiger partial charge in [0.2, 0.25) is 0 Å². The highest BCUT2D eigenvalue weighted by Crippen LogP contribution is 2.20. The Balaban J connectivity index is 1.69. The Morgan fingerprint density at radius 3 is 2.48 bits per heavy atom. The van der Waals surface area contributed by atoms with Crippen molar-refractivity contribution in [2.24, 2.45) is 0 Å². The first-order valence-corrected chi connectivity index (χ1v) is 8.71. The van der Waals surface area contributed by atoms with Crippen LogP contribution >= 0.6 is 22.6 Å². The second kappa shape index (κ2) is 7.31.